The van der Waals surface area contributed by atoms with Crippen LogP contribution in [-0.4, -0.2) is 29.3 Å². The molecule has 4 nitrogen and oxygen atoms in total. The van der Waals surface area contributed by atoms with Gasteiger partial charge in [-0.1, -0.05) is 41.9 Å². The Morgan fingerprint density at radius 2 is 1.74 bits per heavy atom. The van der Waals surface area contributed by atoms with Gasteiger partial charge in [0.2, 0.25) is 5.91 Å². The molecule has 1 unspecified atom stereocenters. The molecule has 2 aromatic rings. The first-order valence-electron chi connectivity index (χ1n) is 7.54. The van der Waals surface area contributed by atoms with Crippen LogP contribution in [-0.2, 0) is 16.0 Å². The third-order valence-electron chi connectivity index (χ3n) is 3.90. The summed E-state index contributed by atoms with van der Waals surface area (Å²) in [5.74, 6) is -0.293. The van der Waals surface area contributed by atoms with Crippen molar-refractivity contribution in [2.24, 2.45) is 0 Å². The third-order valence-corrected chi connectivity index (χ3v) is 4.15. The molecule has 1 aliphatic heterocycles. The van der Waals surface area contributed by atoms with Crippen molar-refractivity contribution in [1.82, 2.24) is 4.90 Å². The Morgan fingerprint density at radius 3 is 2.43 bits per heavy atom. The number of rotatable bonds is 5. The Bertz CT molecular complexity index is 701. The second kappa shape index (κ2) is 6.84. The smallest absolute Gasteiger partial charge is 0.252 e. The maximum atomic E-state index is 12.4. The van der Waals surface area contributed by atoms with Crippen molar-refractivity contribution in [3.63, 3.8) is 0 Å². The summed E-state index contributed by atoms with van der Waals surface area (Å²) in [6, 6.07) is 16.4. The number of imide groups is 1. The molecule has 1 N–H and O–H groups in total. The average molecular weight is 329 g/mol. The first kappa shape index (κ1) is 15.6. The van der Waals surface area contributed by atoms with Gasteiger partial charge in [0.25, 0.3) is 5.91 Å². The van der Waals surface area contributed by atoms with Crippen molar-refractivity contribution in [3.05, 3.63) is 65.2 Å². The van der Waals surface area contributed by atoms with E-state index >= 15 is 0 Å². The molecule has 1 aliphatic rings. The molecule has 0 bridgehead atoms. The lowest BCUT2D eigenvalue weighted by atomic mass is 10.1. The van der Waals surface area contributed by atoms with Gasteiger partial charge in [-0.25, -0.2) is 0 Å². The Hall–Kier alpha value is -2.33. The number of benzene rings is 2. The number of amides is 2. The van der Waals surface area contributed by atoms with E-state index in [0.29, 0.717) is 18.0 Å². The van der Waals surface area contributed by atoms with Gasteiger partial charge in [0.05, 0.1) is 6.42 Å². The standard InChI is InChI=1S/C18H17ClN2O2/c19-14-6-8-15(9-7-14)20-16-12-17(22)21(18(16)23)11-10-13-4-2-1-3-5-13/h1-9,16,20H,10-12H2. The Balaban J connectivity index is 1.61. The molecule has 1 atom stereocenters. The average Bonchev–Trinajstić information content (AvgIpc) is 2.82. The van der Waals surface area contributed by atoms with Crippen LogP contribution in [0.15, 0.2) is 54.6 Å². The highest BCUT2D eigenvalue weighted by molar-refractivity contribution is 6.30. The fourth-order valence-electron chi connectivity index (χ4n) is 2.66. The zero-order valence-corrected chi connectivity index (χ0v) is 13.3. The highest BCUT2D eigenvalue weighted by atomic mass is 35.5. The van der Waals surface area contributed by atoms with Gasteiger partial charge in [0.15, 0.2) is 0 Å². The highest BCUT2D eigenvalue weighted by Crippen LogP contribution is 2.20. The lowest BCUT2D eigenvalue weighted by Gasteiger charge is -2.16. The number of carbonyl (C=O) groups is 2. The number of nitrogens with zero attached hydrogens (tertiary/aromatic N) is 1. The lowest BCUT2D eigenvalue weighted by molar-refractivity contribution is -0.138. The molecule has 3 rings (SSSR count). The van der Waals surface area contributed by atoms with Crippen LogP contribution in [0.25, 0.3) is 0 Å². The molecule has 1 fully saturated rings. The maximum absolute atomic E-state index is 12.4. The summed E-state index contributed by atoms with van der Waals surface area (Å²) in [6.45, 7) is 0.417. The molecule has 0 aromatic heterocycles. The van der Waals surface area contributed by atoms with Crippen molar-refractivity contribution < 1.29 is 9.59 Å². The van der Waals surface area contributed by atoms with E-state index in [1.54, 1.807) is 24.3 Å². The molecule has 118 valence electrons. The number of hydrogen-bond acceptors (Lipinski definition) is 3. The number of halogens is 1. The van der Waals surface area contributed by atoms with Crippen molar-refractivity contribution in [2.75, 3.05) is 11.9 Å². The van der Waals surface area contributed by atoms with E-state index < -0.39 is 6.04 Å². The minimum Gasteiger partial charge on any atom is -0.373 e. The summed E-state index contributed by atoms with van der Waals surface area (Å²) in [6.07, 6.45) is 0.863. The van der Waals surface area contributed by atoms with Gasteiger partial charge in [-0.2, -0.15) is 0 Å². The molecule has 0 saturated carbocycles. The zero-order valence-electron chi connectivity index (χ0n) is 12.5. The number of carbonyl (C=O) groups excluding carboxylic acids is 2. The molecule has 5 heteroatoms. The van der Waals surface area contributed by atoms with E-state index in [1.807, 2.05) is 30.3 Å². The van der Waals surface area contributed by atoms with Crippen LogP contribution in [0.4, 0.5) is 5.69 Å². The van der Waals surface area contributed by atoms with Crippen LogP contribution in [0.2, 0.25) is 5.02 Å². The molecular weight excluding hydrogens is 312 g/mol. The van der Waals surface area contributed by atoms with E-state index in [4.69, 9.17) is 11.6 Å². The molecule has 0 spiro atoms. The summed E-state index contributed by atoms with van der Waals surface area (Å²) in [4.78, 5) is 25.9. The van der Waals surface area contributed by atoms with E-state index in [9.17, 15) is 9.59 Å². The van der Waals surface area contributed by atoms with Crippen LogP contribution < -0.4 is 5.32 Å². The lowest BCUT2D eigenvalue weighted by Crippen LogP contribution is -2.36. The molecule has 2 amide bonds. The normalized spacial score (nSPS) is 17.6. The number of likely N-dealkylation sites (tertiary alicyclic amines) is 1. The molecule has 0 aliphatic carbocycles. The Morgan fingerprint density at radius 1 is 1.04 bits per heavy atom. The monoisotopic (exact) mass is 328 g/mol. The SMILES string of the molecule is O=C1CC(Nc2ccc(Cl)cc2)C(=O)N1CCc1ccccc1. The minimum atomic E-state index is -0.501. The molecule has 2 aromatic carbocycles. The van der Waals surface area contributed by atoms with E-state index in [2.05, 4.69) is 5.32 Å². The first-order chi connectivity index (χ1) is 11.1. The quantitative estimate of drug-likeness (QED) is 0.858. The highest BCUT2D eigenvalue weighted by Gasteiger charge is 2.38. The number of nitrogens with one attached hydrogen (secondary N) is 1. The van der Waals surface area contributed by atoms with Crippen LogP contribution in [0.1, 0.15) is 12.0 Å². The van der Waals surface area contributed by atoms with Crippen LogP contribution >= 0.6 is 11.6 Å². The van der Waals surface area contributed by atoms with Crippen LogP contribution in [0, 0.1) is 0 Å². The second-order valence-corrected chi connectivity index (χ2v) is 5.96. The summed E-state index contributed by atoms with van der Waals surface area (Å²) < 4.78 is 0. The maximum Gasteiger partial charge on any atom is 0.252 e. The van der Waals surface area contributed by atoms with Crippen molar-refractivity contribution in [3.8, 4) is 0 Å². The van der Waals surface area contributed by atoms with Crippen molar-refractivity contribution in [2.45, 2.75) is 18.9 Å². The van der Waals surface area contributed by atoms with E-state index in [1.165, 1.54) is 4.90 Å². The number of hydrogen-bond donors (Lipinski definition) is 1. The topological polar surface area (TPSA) is 49.4 Å². The van der Waals surface area contributed by atoms with Gasteiger partial charge in [-0.15, -0.1) is 0 Å². The van der Waals surface area contributed by atoms with Gasteiger partial charge < -0.3 is 5.32 Å². The van der Waals surface area contributed by atoms with Crippen molar-refractivity contribution in [1.29, 1.82) is 0 Å². The summed E-state index contributed by atoms with van der Waals surface area (Å²) in [5, 5.41) is 3.74. The van der Waals surface area contributed by atoms with E-state index in [-0.39, 0.29) is 18.2 Å². The summed E-state index contributed by atoms with van der Waals surface area (Å²) in [7, 11) is 0. The van der Waals surface area contributed by atoms with Gasteiger partial charge in [-0.05, 0) is 36.2 Å². The molecular formula is C18H17ClN2O2. The molecule has 23 heavy (non-hydrogen) atoms. The predicted molar refractivity (Wildman–Crippen MR) is 90.3 cm³/mol. The Kier molecular flexibility index (Phi) is 4.63. The Labute approximate surface area is 140 Å². The van der Waals surface area contributed by atoms with Gasteiger partial charge in [-0.3, -0.25) is 14.5 Å². The first-order valence-corrected chi connectivity index (χ1v) is 7.91. The van der Waals surface area contributed by atoms with Gasteiger partial charge in [0.1, 0.15) is 6.04 Å². The molecule has 1 heterocycles. The molecule has 1 saturated heterocycles. The fraction of sp³-hybridized carbons (Fsp3) is 0.222. The van der Waals surface area contributed by atoms with Crippen LogP contribution in [0.5, 0.6) is 0 Å². The fourth-order valence-corrected chi connectivity index (χ4v) is 2.79. The van der Waals surface area contributed by atoms with E-state index in [0.717, 1.165) is 11.3 Å². The second-order valence-electron chi connectivity index (χ2n) is 5.53. The molecule has 0 radical (unpaired) electrons. The van der Waals surface area contributed by atoms with Crippen molar-refractivity contribution >= 4 is 29.1 Å². The van der Waals surface area contributed by atoms with Crippen LogP contribution in [0.3, 0.4) is 0 Å². The zero-order chi connectivity index (χ0) is 16.2. The summed E-state index contributed by atoms with van der Waals surface area (Å²) >= 11 is 5.85. The van der Waals surface area contributed by atoms with Gasteiger partial charge >= 0.3 is 0 Å². The minimum absolute atomic E-state index is 0.127. The summed E-state index contributed by atoms with van der Waals surface area (Å²) in [5.41, 5.74) is 1.90. The third kappa shape index (κ3) is 3.71. The number of anilines is 1. The largest absolute Gasteiger partial charge is 0.373 e. The predicted octanol–water partition coefficient (Wildman–Crippen LogP) is 3.12. The van der Waals surface area contributed by atoms with Gasteiger partial charge in [0, 0.05) is 17.3 Å².